The van der Waals surface area contributed by atoms with Crippen LogP contribution in [0, 0.1) is 5.82 Å². The van der Waals surface area contributed by atoms with E-state index in [1.54, 1.807) is 44.2 Å². The van der Waals surface area contributed by atoms with Crippen LogP contribution < -0.4 is 5.32 Å². The van der Waals surface area contributed by atoms with Crippen molar-refractivity contribution in [1.29, 1.82) is 0 Å². The van der Waals surface area contributed by atoms with E-state index in [-0.39, 0.29) is 11.7 Å². The molecule has 0 aromatic heterocycles. The predicted molar refractivity (Wildman–Crippen MR) is 87.3 cm³/mol. The number of halogens is 2. The van der Waals surface area contributed by atoms with Crippen LogP contribution in [0.5, 0.6) is 0 Å². The molecule has 0 aliphatic heterocycles. The Bertz CT molecular complexity index is 652. The Kier molecular flexibility index (Phi) is 5.19. The molecule has 0 bridgehead atoms. The maximum absolute atomic E-state index is 13.9. The van der Waals surface area contributed by atoms with Crippen molar-refractivity contribution in [1.82, 2.24) is 5.32 Å². The van der Waals surface area contributed by atoms with Gasteiger partial charge in [-0.1, -0.05) is 41.9 Å². The smallest absolute Gasteiger partial charge is 0.221 e. The van der Waals surface area contributed by atoms with Crippen molar-refractivity contribution >= 4 is 17.5 Å². The number of rotatable bonds is 5. The highest BCUT2D eigenvalue weighted by Crippen LogP contribution is 2.23. The second-order valence-corrected chi connectivity index (χ2v) is 6.22. The molecule has 1 amide bonds. The minimum Gasteiger partial charge on any atom is -0.347 e. The minimum atomic E-state index is -0.748. The molecule has 0 aliphatic rings. The number of nitrogens with one attached hydrogen (secondary N) is 1. The van der Waals surface area contributed by atoms with Gasteiger partial charge in [0.15, 0.2) is 0 Å². The molecule has 0 heterocycles. The first-order chi connectivity index (χ1) is 10.4. The van der Waals surface area contributed by atoms with E-state index in [4.69, 9.17) is 11.6 Å². The Labute approximate surface area is 135 Å². The van der Waals surface area contributed by atoms with Crippen LogP contribution in [-0.4, -0.2) is 5.91 Å². The van der Waals surface area contributed by atoms with Crippen molar-refractivity contribution in [2.75, 3.05) is 0 Å². The number of aryl methyl sites for hydroxylation is 1. The van der Waals surface area contributed by atoms with E-state index in [1.165, 1.54) is 6.07 Å². The highest BCUT2D eigenvalue weighted by Gasteiger charge is 2.25. The van der Waals surface area contributed by atoms with Crippen molar-refractivity contribution in [3.8, 4) is 0 Å². The molecule has 0 radical (unpaired) electrons. The average molecular weight is 320 g/mol. The second kappa shape index (κ2) is 6.93. The van der Waals surface area contributed by atoms with Crippen LogP contribution in [0.3, 0.4) is 0 Å². The quantitative estimate of drug-likeness (QED) is 0.866. The molecule has 22 heavy (non-hydrogen) atoms. The first kappa shape index (κ1) is 16.5. The van der Waals surface area contributed by atoms with Gasteiger partial charge in [0.1, 0.15) is 5.82 Å². The lowest BCUT2D eigenvalue weighted by atomic mass is 9.93. The molecule has 0 saturated heterocycles. The number of carbonyl (C=O) groups is 1. The summed E-state index contributed by atoms with van der Waals surface area (Å²) in [6.07, 6.45) is 0.968. The summed E-state index contributed by atoms with van der Waals surface area (Å²) >= 11 is 5.83. The molecule has 0 saturated carbocycles. The van der Waals surface area contributed by atoms with Crippen LogP contribution in [0.4, 0.5) is 4.39 Å². The molecule has 0 atom stereocenters. The van der Waals surface area contributed by atoms with Crippen LogP contribution in [-0.2, 0) is 16.8 Å². The zero-order valence-electron chi connectivity index (χ0n) is 12.7. The molecule has 2 rings (SSSR count). The largest absolute Gasteiger partial charge is 0.347 e. The molecule has 4 heteroatoms. The van der Waals surface area contributed by atoms with Gasteiger partial charge in [0.2, 0.25) is 5.91 Å². The van der Waals surface area contributed by atoms with Crippen LogP contribution in [0.2, 0.25) is 5.02 Å². The lowest BCUT2D eigenvalue weighted by Gasteiger charge is -2.27. The first-order valence-electron chi connectivity index (χ1n) is 7.19. The van der Waals surface area contributed by atoms with Gasteiger partial charge in [-0.25, -0.2) is 4.39 Å². The summed E-state index contributed by atoms with van der Waals surface area (Å²) in [4.78, 5) is 12.1. The van der Waals surface area contributed by atoms with Gasteiger partial charge in [-0.2, -0.15) is 0 Å². The van der Waals surface area contributed by atoms with E-state index in [2.05, 4.69) is 5.32 Å². The van der Waals surface area contributed by atoms with Gasteiger partial charge in [-0.15, -0.1) is 0 Å². The van der Waals surface area contributed by atoms with Gasteiger partial charge in [0, 0.05) is 17.0 Å². The summed E-state index contributed by atoms with van der Waals surface area (Å²) in [5.74, 6) is -0.422. The van der Waals surface area contributed by atoms with Crippen molar-refractivity contribution in [2.24, 2.45) is 0 Å². The first-order valence-corrected chi connectivity index (χ1v) is 7.57. The normalized spacial score (nSPS) is 11.3. The third-order valence-electron chi connectivity index (χ3n) is 3.55. The summed E-state index contributed by atoms with van der Waals surface area (Å²) in [6, 6.07) is 13.9. The molecule has 0 spiro atoms. The molecular weight excluding hydrogens is 301 g/mol. The maximum atomic E-state index is 13.9. The monoisotopic (exact) mass is 319 g/mol. The van der Waals surface area contributed by atoms with Gasteiger partial charge >= 0.3 is 0 Å². The van der Waals surface area contributed by atoms with Gasteiger partial charge in [-0.3, -0.25) is 4.79 Å². The van der Waals surface area contributed by atoms with Crippen molar-refractivity contribution in [2.45, 2.75) is 32.2 Å². The fourth-order valence-corrected chi connectivity index (χ4v) is 2.48. The number of carbonyl (C=O) groups excluding carboxylic acids is 1. The Hall–Kier alpha value is -1.87. The molecule has 116 valence electrons. The van der Waals surface area contributed by atoms with Gasteiger partial charge < -0.3 is 5.32 Å². The van der Waals surface area contributed by atoms with Crippen molar-refractivity contribution in [3.05, 3.63) is 70.5 Å². The van der Waals surface area contributed by atoms with E-state index >= 15 is 0 Å². The van der Waals surface area contributed by atoms with E-state index in [9.17, 15) is 9.18 Å². The molecular formula is C18H19ClFNO. The van der Waals surface area contributed by atoms with Crippen molar-refractivity contribution < 1.29 is 9.18 Å². The second-order valence-electron chi connectivity index (χ2n) is 5.78. The molecule has 0 unspecified atom stereocenters. The Morgan fingerprint density at radius 3 is 2.41 bits per heavy atom. The zero-order valence-corrected chi connectivity index (χ0v) is 13.5. The molecule has 2 aromatic carbocycles. The molecule has 0 aliphatic carbocycles. The molecule has 2 nitrogen and oxygen atoms in total. The minimum absolute atomic E-state index is 0.108. The Morgan fingerprint density at radius 2 is 1.77 bits per heavy atom. The highest BCUT2D eigenvalue weighted by atomic mass is 35.5. The summed E-state index contributed by atoms with van der Waals surface area (Å²) < 4.78 is 13.9. The fourth-order valence-electron chi connectivity index (χ4n) is 2.36. The highest BCUT2D eigenvalue weighted by molar-refractivity contribution is 6.30. The van der Waals surface area contributed by atoms with Crippen molar-refractivity contribution in [3.63, 3.8) is 0 Å². The van der Waals surface area contributed by atoms with Gasteiger partial charge in [-0.05, 0) is 44.0 Å². The van der Waals surface area contributed by atoms with Crippen LogP contribution >= 0.6 is 11.6 Å². The number of benzene rings is 2. The average Bonchev–Trinajstić information content (AvgIpc) is 2.46. The van der Waals surface area contributed by atoms with E-state index in [0.29, 0.717) is 23.4 Å². The van der Waals surface area contributed by atoms with E-state index in [0.717, 1.165) is 5.56 Å². The summed E-state index contributed by atoms with van der Waals surface area (Å²) in [7, 11) is 0. The molecule has 0 fully saturated rings. The standard InChI is InChI=1S/C18H19ClFNO/c1-18(2,15-5-3-4-6-16(15)20)21-17(22)12-9-13-7-10-14(19)11-8-13/h3-8,10-11H,9,12H2,1-2H3,(H,21,22). The van der Waals surface area contributed by atoms with E-state index in [1.807, 2.05) is 12.1 Å². The van der Waals surface area contributed by atoms with Crippen LogP contribution in [0.25, 0.3) is 0 Å². The summed E-state index contributed by atoms with van der Waals surface area (Å²) in [5.41, 5.74) is 0.778. The topological polar surface area (TPSA) is 29.1 Å². The lowest BCUT2D eigenvalue weighted by Crippen LogP contribution is -2.41. The summed E-state index contributed by atoms with van der Waals surface area (Å²) in [5, 5.41) is 3.56. The van der Waals surface area contributed by atoms with E-state index < -0.39 is 5.54 Å². The number of amides is 1. The third-order valence-corrected chi connectivity index (χ3v) is 3.81. The predicted octanol–water partition coefficient (Wildman–Crippen LogP) is 4.46. The number of hydrogen-bond acceptors (Lipinski definition) is 1. The maximum Gasteiger partial charge on any atom is 0.221 e. The molecule has 2 aromatic rings. The third kappa shape index (κ3) is 4.31. The molecule has 1 N–H and O–H groups in total. The van der Waals surface area contributed by atoms with Gasteiger partial charge in [0.25, 0.3) is 0 Å². The van der Waals surface area contributed by atoms with Gasteiger partial charge in [0.05, 0.1) is 5.54 Å². The lowest BCUT2D eigenvalue weighted by molar-refractivity contribution is -0.122. The Balaban J connectivity index is 1.96. The zero-order chi connectivity index (χ0) is 16.2. The Morgan fingerprint density at radius 1 is 1.14 bits per heavy atom. The number of hydrogen-bond donors (Lipinski definition) is 1. The fraction of sp³-hybridized carbons (Fsp3) is 0.278. The SMILES string of the molecule is CC(C)(NC(=O)CCc1ccc(Cl)cc1)c1ccccc1F. The van der Waals surface area contributed by atoms with Crippen LogP contribution in [0.1, 0.15) is 31.4 Å². The summed E-state index contributed by atoms with van der Waals surface area (Å²) in [6.45, 7) is 3.59. The van der Waals surface area contributed by atoms with Crippen LogP contribution in [0.15, 0.2) is 48.5 Å².